The Hall–Kier alpha value is -3.09. The summed E-state index contributed by atoms with van der Waals surface area (Å²) in [5, 5.41) is 10.8. The van der Waals surface area contributed by atoms with E-state index < -0.39 is 11.4 Å². The summed E-state index contributed by atoms with van der Waals surface area (Å²) < 4.78 is 11.3. The Bertz CT molecular complexity index is 945. The Morgan fingerprint density at radius 3 is 2.55 bits per heavy atom. The molecule has 1 spiro atoms. The van der Waals surface area contributed by atoms with Crippen molar-refractivity contribution in [1.29, 1.82) is 0 Å². The van der Waals surface area contributed by atoms with E-state index in [0.717, 1.165) is 16.7 Å². The number of carboxylic acid groups (broad SMARTS) is 1. The third-order valence-electron chi connectivity index (χ3n) is 6.08. The van der Waals surface area contributed by atoms with Crippen molar-refractivity contribution in [3.05, 3.63) is 47.1 Å². The van der Waals surface area contributed by atoms with Crippen LogP contribution >= 0.6 is 0 Å². The third kappa shape index (κ3) is 3.01. The molecule has 0 saturated heterocycles. The number of hydrogen-bond acceptors (Lipinski definition) is 6. The number of fused-ring (bicyclic) bond motifs is 1. The quantitative estimate of drug-likeness (QED) is 0.737. The average Bonchev–Trinajstić information content (AvgIpc) is 3.04. The molecule has 152 valence electrons. The van der Waals surface area contributed by atoms with Crippen molar-refractivity contribution in [2.24, 2.45) is 0 Å². The van der Waals surface area contributed by atoms with E-state index in [-0.39, 0.29) is 30.6 Å². The maximum absolute atomic E-state index is 12.8. The lowest BCUT2D eigenvalue weighted by Gasteiger charge is -2.36. The van der Waals surface area contributed by atoms with E-state index in [4.69, 9.17) is 9.47 Å². The molecule has 0 bridgehead atoms. The van der Waals surface area contributed by atoms with Crippen LogP contribution in [0, 0.1) is 0 Å². The van der Waals surface area contributed by atoms with Gasteiger partial charge in [0.05, 0.1) is 20.3 Å². The minimum absolute atomic E-state index is 0.0838. The second kappa shape index (κ2) is 7.06. The molecule has 7 heteroatoms. The van der Waals surface area contributed by atoms with Gasteiger partial charge >= 0.3 is 0 Å². The van der Waals surface area contributed by atoms with Crippen LogP contribution in [0.25, 0.3) is 0 Å². The van der Waals surface area contributed by atoms with Crippen molar-refractivity contribution in [2.45, 2.75) is 37.1 Å². The zero-order valence-electron chi connectivity index (χ0n) is 16.4. The lowest BCUT2D eigenvalue weighted by atomic mass is 9.77. The van der Waals surface area contributed by atoms with E-state index in [9.17, 15) is 19.5 Å². The summed E-state index contributed by atoms with van der Waals surface area (Å²) in [5.41, 5.74) is 2.43. The fourth-order valence-electron chi connectivity index (χ4n) is 4.82. The van der Waals surface area contributed by atoms with Gasteiger partial charge in [-0.2, -0.15) is 0 Å². The molecule has 0 saturated carbocycles. The number of hydrogen-bond donors (Lipinski definition) is 0. The van der Waals surface area contributed by atoms with Gasteiger partial charge in [0.2, 0.25) is 5.91 Å². The van der Waals surface area contributed by atoms with Crippen molar-refractivity contribution in [3.63, 3.8) is 0 Å². The smallest absolute Gasteiger partial charge is 0.223 e. The molecule has 0 N–H and O–H groups in total. The van der Waals surface area contributed by atoms with Gasteiger partial charge in [-0.15, -0.1) is 0 Å². The van der Waals surface area contributed by atoms with Crippen LogP contribution in [0.5, 0.6) is 11.5 Å². The lowest BCUT2D eigenvalue weighted by molar-refractivity contribution is -0.305. The first-order valence-electron chi connectivity index (χ1n) is 9.60. The van der Waals surface area contributed by atoms with Crippen LogP contribution in [0.3, 0.4) is 0 Å². The highest BCUT2D eigenvalue weighted by Crippen LogP contribution is 2.58. The topological polar surface area (TPSA) is 96.0 Å². The molecule has 2 aliphatic carbocycles. The van der Waals surface area contributed by atoms with Gasteiger partial charge in [0.1, 0.15) is 0 Å². The SMILES string of the molecule is COc1cc2c3c(c1OC)C1(C=CC(=O)C=C1)C[C@@H]3N(C(=O)CCC(=O)[O-])CC2. The number of methoxy groups -OCH3 is 2. The number of aliphatic carboxylic acids is 1. The Morgan fingerprint density at radius 2 is 1.93 bits per heavy atom. The van der Waals surface area contributed by atoms with E-state index in [1.807, 2.05) is 18.2 Å². The molecule has 1 atom stereocenters. The molecule has 0 radical (unpaired) electrons. The molecular weight excluding hydrogens is 374 g/mol. The summed E-state index contributed by atoms with van der Waals surface area (Å²) >= 11 is 0. The molecule has 29 heavy (non-hydrogen) atoms. The van der Waals surface area contributed by atoms with E-state index in [2.05, 4.69) is 0 Å². The summed E-state index contributed by atoms with van der Waals surface area (Å²) in [6, 6.07) is 1.74. The van der Waals surface area contributed by atoms with Crippen molar-refractivity contribution >= 4 is 17.7 Å². The minimum Gasteiger partial charge on any atom is -0.550 e. The minimum atomic E-state index is -1.23. The van der Waals surface area contributed by atoms with Gasteiger partial charge in [0.15, 0.2) is 17.3 Å². The molecule has 1 amide bonds. The summed E-state index contributed by atoms with van der Waals surface area (Å²) in [4.78, 5) is 37.2. The number of rotatable bonds is 5. The first-order valence-corrected chi connectivity index (χ1v) is 9.60. The van der Waals surface area contributed by atoms with Crippen LogP contribution < -0.4 is 14.6 Å². The van der Waals surface area contributed by atoms with E-state index in [0.29, 0.717) is 30.9 Å². The van der Waals surface area contributed by atoms with Crippen molar-refractivity contribution < 1.29 is 29.0 Å². The van der Waals surface area contributed by atoms with Crippen LogP contribution in [0.4, 0.5) is 0 Å². The summed E-state index contributed by atoms with van der Waals surface area (Å²) in [6.45, 7) is 0.501. The highest BCUT2D eigenvalue weighted by atomic mass is 16.5. The second-order valence-corrected chi connectivity index (χ2v) is 7.60. The van der Waals surface area contributed by atoms with Crippen LogP contribution in [0.15, 0.2) is 30.4 Å². The molecule has 1 aromatic rings. The second-order valence-electron chi connectivity index (χ2n) is 7.60. The van der Waals surface area contributed by atoms with E-state index in [1.165, 1.54) is 0 Å². The summed E-state index contributed by atoms with van der Waals surface area (Å²) in [7, 11) is 3.17. The Balaban J connectivity index is 1.84. The summed E-state index contributed by atoms with van der Waals surface area (Å²) in [6.07, 6.45) is 7.65. The predicted octanol–water partition coefficient (Wildman–Crippen LogP) is 0.996. The van der Waals surface area contributed by atoms with Crippen molar-refractivity contribution in [3.8, 4) is 11.5 Å². The van der Waals surface area contributed by atoms with Crippen molar-refractivity contribution in [2.75, 3.05) is 20.8 Å². The van der Waals surface area contributed by atoms with Crippen LogP contribution in [0.2, 0.25) is 0 Å². The maximum Gasteiger partial charge on any atom is 0.223 e. The Kier molecular flexibility index (Phi) is 4.68. The van der Waals surface area contributed by atoms with E-state index in [1.54, 1.807) is 31.3 Å². The van der Waals surface area contributed by atoms with Crippen LogP contribution in [-0.4, -0.2) is 43.3 Å². The largest absolute Gasteiger partial charge is 0.550 e. The molecule has 4 rings (SSSR count). The first kappa shape index (κ1) is 19.2. The van der Waals surface area contributed by atoms with Gasteiger partial charge < -0.3 is 24.3 Å². The molecule has 0 fully saturated rings. The number of allylic oxidation sites excluding steroid dienone is 4. The van der Waals surface area contributed by atoms with Gasteiger partial charge in [-0.1, -0.05) is 12.2 Å². The molecule has 1 aliphatic heterocycles. The number of ketones is 1. The number of carboxylic acids is 1. The normalized spacial score (nSPS) is 20.7. The maximum atomic E-state index is 12.8. The standard InChI is InChI=1S/C22H23NO6/c1-28-16-11-13-7-10-23(17(25)3-4-18(26)27)15-12-22(8-5-14(24)6-9-22)20(19(13)15)21(16)29-2/h5-6,8-9,11,15H,3-4,7,10,12H2,1-2H3,(H,26,27)/p-1/t15-/m0/s1. The molecule has 0 aromatic heterocycles. The van der Waals surface area contributed by atoms with Gasteiger partial charge in [-0.05, 0) is 48.6 Å². The number of carbonyl (C=O) groups excluding carboxylic acids is 3. The van der Waals surface area contributed by atoms with Gasteiger partial charge in [-0.25, -0.2) is 0 Å². The van der Waals surface area contributed by atoms with Crippen LogP contribution in [-0.2, 0) is 26.2 Å². The summed E-state index contributed by atoms with van der Waals surface area (Å²) in [5.74, 6) is -0.303. The zero-order chi connectivity index (χ0) is 20.8. The van der Waals surface area contributed by atoms with Gasteiger partial charge in [0, 0.05) is 29.9 Å². The number of nitrogens with zero attached hydrogens (tertiary/aromatic N) is 1. The van der Waals surface area contributed by atoms with E-state index >= 15 is 0 Å². The molecule has 3 aliphatic rings. The number of benzene rings is 1. The monoisotopic (exact) mass is 396 g/mol. The molecule has 7 nitrogen and oxygen atoms in total. The predicted molar refractivity (Wildman–Crippen MR) is 102 cm³/mol. The number of carbonyl (C=O) groups is 3. The fourth-order valence-corrected chi connectivity index (χ4v) is 4.82. The molecular formula is C22H22NO6-. The molecule has 0 unspecified atom stereocenters. The fraction of sp³-hybridized carbons (Fsp3) is 0.409. The van der Waals surface area contributed by atoms with Gasteiger partial charge in [-0.3, -0.25) is 9.59 Å². The first-order chi connectivity index (χ1) is 13.9. The molecule has 1 heterocycles. The van der Waals surface area contributed by atoms with Crippen molar-refractivity contribution in [1.82, 2.24) is 4.90 Å². The Morgan fingerprint density at radius 1 is 1.21 bits per heavy atom. The van der Waals surface area contributed by atoms with Gasteiger partial charge in [0.25, 0.3) is 0 Å². The highest BCUT2D eigenvalue weighted by molar-refractivity contribution is 6.01. The molecule has 1 aromatic carbocycles. The number of amides is 1. The van der Waals surface area contributed by atoms with Crippen LogP contribution in [0.1, 0.15) is 42.0 Å². The zero-order valence-corrected chi connectivity index (χ0v) is 16.4. The third-order valence-corrected chi connectivity index (χ3v) is 6.08. The number of ether oxygens (including phenoxy) is 2. The lowest BCUT2D eigenvalue weighted by Crippen LogP contribution is -2.40. The highest BCUT2D eigenvalue weighted by Gasteiger charge is 2.50. The average molecular weight is 396 g/mol. The Labute approximate surface area is 168 Å².